The topological polar surface area (TPSA) is 90.5 Å². The number of hydrogen-bond acceptors (Lipinski definition) is 4. The van der Waals surface area contributed by atoms with E-state index in [2.05, 4.69) is 19.9 Å². The van der Waals surface area contributed by atoms with Gasteiger partial charge in [0, 0.05) is 21.8 Å². The Bertz CT molecular complexity index is 1190. The molecule has 27 heavy (non-hydrogen) atoms. The van der Waals surface area contributed by atoms with E-state index >= 15 is 0 Å². The zero-order valence-corrected chi connectivity index (χ0v) is 13.2. The Kier molecular flexibility index (Phi) is 3.58. The molecule has 2 heterocycles. The number of fused-ring (bicyclic) bond motifs is 2. The molecule has 0 aliphatic rings. The van der Waals surface area contributed by atoms with Crippen LogP contribution in [-0.4, -0.2) is 21.4 Å². The van der Waals surface area contributed by atoms with Gasteiger partial charge >= 0.3 is 6.36 Å². The molecule has 0 radical (unpaired) electrons. The van der Waals surface area contributed by atoms with Crippen LogP contribution >= 0.6 is 0 Å². The smallest absolute Gasteiger partial charge is 0.494 e. The molecule has 0 amide bonds. The first-order valence-corrected chi connectivity index (χ1v) is 7.52. The molecule has 0 fully saturated rings. The van der Waals surface area contributed by atoms with Gasteiger partial charge < -0.3 is 19.8 Å². The minimum atomic E-state index is -4.89. The number of nitrogens with zero attached hydrogens (tertiary/aromatic N) is 1. The second kappa shape index (κ2) is 5.73. The third kappa shape index (κ3) is 2.84. The van der Waals surface area contributed by atoms with E-state index in [1.807, 2.05) is 0 Å². The van der Waals surface area contributed by atoms with Gasteiger partial charge in [-0.05, 0) is 41.6 Å². The first-order chi connectivity index (χ1) is 12.8. The number of alkyl halides is 3. The summed E-state index contributed by atoms with van der Waals surface area (Å²) in [5.41, 5.74) is 0.557. The number of halogens is 4. The highest BCUT2D eigenvalue weighted by Crippen LogP contribution is 2.45. The summed E-state index contributed by atoms with van der Waals surface area (Å²) in [5.74, 6) is -1.49. The molecule has 0 bridgehead atoms. The Hall–Kier alpha value is -3.56. The van der Waals surface area contributed by atoms with E-state index in [1.165, 1.54) is 18.2 Å². The van der Waals surface area contributed by atoms with Gasteiger partial charge in [-0.25, -0.2) is 4.39 Å². The fourth-order valence-corrected chi connectivity index (χ4v) is 3.03. The van der Waals surface area contributed by atoms with E-state index in [1.54, 1.807) is 0 Å². The minimum Gasteiger partial charge on any atom is -0.494 e. The predicted octanol–water partition coefficient (Wildman–Crippen LogP) is 5.46. The van der Waals surface area contributed by atoms with Crippen molar-refractivity contribution < 1.29 is 27.4 Å². The molecule has 2 aromatic heterocycles. The van der Waals surface area contributed by atoms with Crippen LogP contribution in [-0.2, 0) is 0 Å². The van der Waals surface area contributed by atoms with Crippen molar-refractivity contribution in [1.29, 1.82) is 0 Å². The Morgan fingerprint density at radius 2 is 1.70 bits per heavy atom. The summed E-state index contributed by atoms with van der Waals surface area (Å²) >= 11 is 0. The molecule has 4 aromatic rings. The average molecular weight is 379 g/mol. The van der Waals surface area contributed by atoms with E-state index in [9.17, 15) is 27.6 Å². The van der Waals surface area contributed by atoms with Crippen molar-refractivity contribution in [2.75, 3.05) is 0 Å². The Balaban J connectivity index is 1.98. The molecule has 4 rings (SSSR count). The molecule has 0 spiro atoms. The Labute approximate surface area is 147 Å². The molecule has 0 aliphatic heterocycles. The highest BCUT2D eigenvalue weighted by molar-refractivity contribution is 6.07. The third-order valence-corrected chi connectivity index (χ3v) is 4.06. The Morgan fingerprint density at radius 3 is 2.41 bits per heavy atom. The van der Waals surface area contributed by atoms with Crippen LogP contribution in [0.3, 0.4) is 0 Å². The van der Waals surface area contributed by atoms with Crippen LogP contribution < -0.4 is 4.74 Å². The van der Waals surface area contributed by atoms with Gasteiger partial charge in [-0.2, -0.15) is 0 Å². The average Bonchev–Trinajstić information content (AvgIpc) is 3.08. The van der Waals surface area contributed by atoms with Gasteiger partial charge in [0.1, 0.15) is 17.3 Å². The maximum Gasteiger partial charge on any atom is 0.573 e. The van der Waals surface area contributed by atoms with E-state index in [-0.39, 0.29) is 27.7 Å². The lowest BCUT2D eigenvalue weighted by atomic mass is 10.1. The van der Waals surface area contributed by atoms with Gasteiger partial charge in [-0.3, -0.25) is 0 Å². The summed E-state index contributed by atoms with van der Waals surface area (Å²) in [7, 11) is 0. The van der Waals surface area contributed by atoms with Crippen molar-refractivity contribution in [3.05, 3.63) is 47.1 Å². The zero-order chi connectivity index (χ0) is 19.3. The third-order valence-electron chi connectivity index (χ3n) is 4.06. The highest BCUT2D eigenvalue weighted by Gasteiger charge is 2.31. The van der Waals surface area contributed by atoms with Crippen molar-refractivity contribution in [3.63, 3.8) is 0 Å². The number of aromatic hydroxyl groups is 1. The quantitative estimate of drug-likeness (QED) is 0.326. The second-order valence-electron chi connectivity index (χ2n) is 5.73. The number of rotatable bonds is 3. The molecule has 138 valence electrons. The van der Waals surface area contributed by atoms with Crippen LogP contribution in [0.2, 0.25) is 0 Å². The van der Waals surface area contributed by atoms with Crippen LogP contribution in [0.1, 0.15) is 0 Å². The summed E-state index contributed by atoms with van der Waals surface area (Å²) < 4.78 is 54.9. The van der Waals surface area contributed by atoms with Gasteiger partial charge in [0.05, 0.1) is 11.3 Å². The summed E-state index contributed by atoms with van der Waals surface area (Å²) in [5, 5.41) is 13.5. The molecule has 10 heteroatoms. The van der Waals surface area contributed by atoms with Gasteiger partial charge in [-0.1, -0.05) is 0 Å². The standard InChI is InChI=1S/C17H9F4N3O3/c18-7-1-3-12-10(5-7)14(24-26)15(22-12)13-9-6-8(27-17(19,20)21)2-4-11(9)23-16(13)25/h1-6,22-23,25H. The maximum atomic E-state index is 13.5. The number of ether oxygens (including phenoxy) is 1. The van der Waals surface area contributed by atoms with Crippen molar-refractivity contribution >= 4 is 27.5 Å². The van der Waals surface area contributed by atoms with E-state index < -0.39 is 23.8 Å². The number of H-pyrrole nitrogens is 2. The Morgan fingerprint density at radius 1 is 1.00 bits per heavy atom. The van der Waals surface area contributed by atoms with Crippen molar-refractivity contribution in [3.8, 4) is 22.9 Å². The molecule has 0 atom stereocenters. The number of aromatic amines is 2. The van der Waals surface area contributed by atoms with E-state index in [0.717, 1.165) is 18.2 Å². The molecule has 3 N–H and O–H groups in total. The first-order valence-electron chi connectivity index (χ1n) is 7.52. The largest absolute Gasteiger partial charge is 0.573 e. The molecule has 0 saturated carbocycles. The first kappa shape index (κ1) is 16.9. The summed E-state index contributed by atoms with van der Waals surface area (Å²) in [6.45, 7) is 0. The van der Waals surface area contributed by atoms with Crippen molar-refractivity contribution in [2.24, 2.45) is 5.18 Å². The van der Waals surface area contributed by atoms with Crippen LogP contribution in [0.5, 0.6) is 11.6 Å². The fourth-order valence-electron chi connectivity index (χ4n) is 3.03. The molecular weight excluding hydrogens is 370 g/mol. The summed E-state index contributed by atoms with van der Waals surface area (Å²) in [6.07, 6.45) is -4.89. The maximum absolute atomic E-state index is 13.5. The van der Waals surface area contributed by atoms with Crippen molar-refractivity contribution in [2.45, 2.75) is 6.36 Å². The van der Waals surface area contributed by atoms with Gasteiger partial charge in [0.15, 0.2) is 5.88 Å². The molecule has 0 unspecified atom stereocenters. The molecule has 6 nitrogen and oxygen atoms in total. The number of nitrogens with one attached hydrogen (secondary N) is 2. The molecule has 0 saturated heterocycles. The van der Waals surface area contributed by atoms with Crippen LogP contribution in [0.15, 0.2) is 41.6 Å². The molecule has 0 aliphatic carbocycles. The molecule has 2 aromatic carbocycles. The van der Waals surface area contributed by atoms with Crippen LogP contribution in [0.25, 0.3) is 33.1 Å². The predicted molar refractivity (Wildman–Crippen MR) is 89.4 cm³/mol. The normalized spacial score (nSPS) is 12.0. The lowest BCUT2D eigenvalue weighted by Gasteiger charge is -2.08. The second-order valence-corrected chi connectivity index (χ2v) is 5.73. The fraction of sp³-hybridized carbons (Fsp3) is 0.0588. The van der Waals surface area contributed by atoms with Gasteiger partial charge in [0.2, 0.25) is 0 Å². The van der Waals surface area contributed by atoms with Crippen molar-refractivity contribution in [1.82, 2.24) is 9.97 Å². The number of hydrogen-bond donors (Lipinski definition) is 3. The number of benzene rings is 2. The summed E-state index contributed by atoms with van der Waals surface area (Å²) in [4.78, 5) is 16.8. The zero-order valence-electron chi connectivity index (χ0n) is 13.2. The SMILES string of the molecule is O=Nc1c(-c2c(O)[nH]c3ccc(OC(F)(F)F)cc23)[nH]c2ccc(F)cc12. The number of nitroso groups, excluding NO2 is 1. The van der Waals surface area contributed by atoms with Gasteiger partial charge in [-0.15, -0.1) is 18.1 Å². The van der Waals surface area contributed by atoms with E-state index in [4.69, 9.17) is 0 Å². The molecular formula is C17H9F4N3O3. The van der Waals surface area contributed by atoms with E-state index in [0.29, 0.717) is 11.0 Å². The summed E-state index contributed by atoms with van der Waals surface area (Å²) in [6, 6.07) is 7.07. The lowest BCUT2D eigenvalue weighted by Crippen LogP contribution is -2.16. The monoisotopic (exact) mass is 379 g/mol. The number of aromatic nitrogens is 2. The van der Waals surface area contributed by atoms with Gasteiger partial charge in [0.25, 0.3) is 0 Å². The van der Waals surface area contributed by atoms with Crippen LogP contribution in [0.4, 0.5) is 23.2 Å². The lowest BCUT2D eigenvalue weighted by molar-refractivity contribution is -0.274. The highest BCUT2D eigenvalue weighted by atomic mass is 19.4. The van der Waals surface area contributed by atoms with Crippen LogP contribution in [0, 0.1) is 10.7 Å². The minimum absolute atomic E-state index is 0.0174.